The number of aromatic nitrogens is 1. The van der Waals surface area contributed by atoms with Crippen molar-refractivity contribution in [3.05, 3.63) is 24.0 Å². The number of nitrogens with one attached hydrogen (secondary N) is 3. The maximum absolute atomic E-state index is 11.7. The van der Waals surface area contributed by atoms with Crippen LogP contribution in [0.2, 0.25) is 0 Å². The standard InChI is InChI=1S/C12H19N5O2/c1-2-6-14-11(18)5-7-15-12(19)10-4-3-9(17-13)8-16-10/h3-4,8,17H,2,5-7,13H2,1H3,(H,14,18)(H,15,19). The zero-order valence-electron chi connectivity index (χ0n) is 10.9. The van der Waals surface area contributed by atoms with Crippen molar-refractivity contribution in [1.29, 1.82) is 0 Å². The van der Waals surface area contributed by atoms with Crippen LogP contribution >= 0.6 is 0 Å². The third kappa shape index (κ3) is 5.35. The second-order valence-electron chi connectivity index (χ2n) is 3.93. The highest BCUT2D eigenvalue weighted by molar-refractivity contribution is 5.92. The van der Waals surface area contributed by atoms with Gasteiger partial charge in [0, 0.05) is 19.5 Å². The van der Waals surface area contributed by atoms with Gasteiger partial charge >= 0.3 is 0 Å². The minimum absolute atomic E-state index is 0.0715. The van der Waals surface area contributed by atoms with E-state index in [1.807, 2.05) is 6.92 Å². The molecule has 1 rings (SSSR count). The number of nitrogen functional groups attached to an aromatic ring is 1. The van der Waals surface area contributed by atoms with Gasteiger partial charge in [0.2, 0.25) is 5.91 Å². The first-order chi connectivity index (χ1) is 9.17. The van der Waals surface area contributed by atoms with Crippen LogP contribution in [0.15, 0.2) is 18.3 Å². The molecule has 7 nitrogen and oxygen atoms in total. The first kappa shape index (κ1) is 14.9. The highest BCUT2D eigenvalue weighted by Crippen LogP contribution is 2.03. The van der Waals surface area contributed by atoms with Crippen LogP contribution in [0.4, 0.5) is 5.69 Å². The summed E-state index contributed by atoms with van der Waals surface area (Å²) in [5.74, 6) is 4.81. The molecule has 104 valence electrons. The van der Waals surface area contributed by atoms with Crippen LogP contribution in [0, 0.1) is 0 Å². The molecular weight excluding hydrogens is 246 g/mol. The molecule has 0 aromatic carbocycles. The monoisotopic (exact) mass is 265 g/mol. The molecule has 1 heterocycles. The van der Waals surface area contributed by atoms with Gasteiger partial charge in [-0.05, 0) is 18.6 Å². The lowest BCUT2D eigenvalue weighted by atomic mass is 10.3. The lowest BCUT2D eigenvalue weighted by Gasteiger charge is -2.06. The summed E-state index contributed by atoms with van der Waals surface area (Å²) in [6.07, 6.45) is 2.61. The third-order valence-electron chi connectivity index (χ3n) is 2.37. The number of rotatable bonds is 7. The van der Waals surface area contributed by atoms with Crippen LogP contribution in [-0.4, -0.2) is 29.9 Å². The molecule has 0 fully saturated rings. The number of amides is 2. The fourth-order valence-corrected chi connectivity index (χ4v) is 1.35. The van der Waals surface area contributed by atoms with Crippen molar-refractivity contribution in [2.24, 2.45) is 5.84 Å². The number of hydrazine groups is 1. The SMILES string of the molecule is CCCNC(=O)CCNC(=O)c1ccc(NN)cn1. The molecule has 7 heteroatoms. The van der Waals surface area contributed by atoms with Gasteiger partial charge in [-0.2, -0.15) is 0 Å². The first-order valence-electron chi connectivity index (χ1n) is 6.15. The number of anilines is 1. The summed E-state index contributed by atoms with van der Waals surface area (Å²) in [5.41, 5.74) is 3.33. The quantitative estimate of drug-likeness (QED) is 0.410. The Kier molecular flexibility index (Phi) is 6.31. The van der Waals surface area contributed by atoms with Crippen molar-refractivity contribution < 1.29 is 9.59 Å². The molecule has 5 N–H and O–H groups in total. The summed E-state index contributed by atoms with van der Waals surface area (Å²) < 4.78 is 0. The van der Waals surface area contributed by atoms with Crippen LogP contribution in [-0.2, 0) is 4.79 Å². The topological polar surface area (TPSA) is 109 Å². The van der Waals surface area contributed by atoms with E-state index >= 15 is 0 Å². The van der Waals surface area contributed by atoms with Gasteiger partial charge in [-0.3, -0.25) is 15.4 Å². The van der Waals surface area contributed by atoms with Crippen LogP contribution in [0.25, 0.3) is 0 Å². The molecule has 19 heavy (non-hydrogen) atoms. The van der Waals surface area contributed by atoms with E-state index in [2.05, 4.69) is 21.0 Å². The Hall–Kier alpha value is -2.15. The molecule has 0 saturated heterocycles. The molecule has 0 aliphatic heterocycles. The Morgan fingerprint density at radius 3 is 2.63 bits per heavy atom. The Morgan fingerprint density at radius 2 is 2.05 bits per heavy atom. The van der Waals surface area contributed by atoms with E-state index in [9.17, 15) is 9.59 Å². The average Bonchev–Trinajstić information content (AvgIpc) is 2.45. The van der Waals surface area contributed by atoms with Gasteiger partial charge in [-0.25, -0.2) is 4.98 Å². The van der Waals surface area contributed by atoms with Gasteiger partial charge in [0.1, 0.15) is 5.69 Å². The zero-order chi connectivity index (χ0) is 14.1. The molecule has 0 radical (unpaired) electrons. The maximum atomic E-state index is 11.7. The largest absolute Gasteiger partial charge is 0.356 e. The van der Waals surface area contributed by atoms with Crippen molar-refractivity contribution >= 4 is 17.5 Å². The van der Waals surface area contributed by atoms with Crippen molar-refractivity contribution in [2.45, 2.75) is 19.8 Å². The Morgan fingerprint density at radius 1 is 1.26 bits per heavy atom. The highest BCUT2D eigenvalue weighted by Gasteiger charge is 2.07. The predicted octanol–water partition coefficient (Wildman–Crippen LogP) is 0.0133. The Labute approximate surface area is 111 Å². The summed E-state index contributed by atoms with van der Waals surface area (Å²) in [6.45, 7) is 2.92. The van der Waals surface area contributed by atoms with Gasteiger partial charge in [-0.15, -0.1) is 0 Å². The van der Waals surface area contributed by atoms with Crippen molar-refractivity contribution in [3.8, 4) is 0 Å². The number of nitrogens with zero attached hydrogens (tertiary/aromatic N) is 1. The minimum Gasteiger partial charge on any atom is -0.356 e. The molecule has 0 atom stereocenters. The molecule has 0 aliphatic rings. The molecular formula is C12H19N5O2. The fourth-order valence-electron chi connectivity index (χ4n) is 1.35. The van der Waals surface area contributed by atoms with Gasteiger partial charge in [0.05, 0.1) is 11.9 Å². The normalized spacial score (nSPS) is 9.79. The summed E-state index contributed by atoms with van der Waals surface area (Å²) in [6, 6.07) is 3.21. The van der Waals surface area contributed by atoms with Crippen LogP contribution in [0.5, 0.6) is 0 Å². The van der Waals surface area contributed by atoms with Gasteiger partial charge in [-0.1, -0.05) is 6.92 Å². The van der Waals surface area contributed by atoms with E-state index in [4.69, 9.17) is 5.84 Å². The number of hydrogen-bond acceptors (Lipinski definition) is 5. The average molecular weight is 265 g/mol. The van der Waals surface area contributed by atoms with Crippen LogP contribution in [0.1, 0.15) is 30.3 Å². The molecule has 0 aliphatic carbocycles. The van der Waals surface area contributed by atoms with E-state index < -0.39 is 0 Å². The van der Waals surface area contributed by atoms with E-state index in [0.29, 0.717) is 12.2 Å². The van der Waals surface area contributed by atoms with Gasteiger partial charge in [0.25, 0.3) is 5.91 Å². The summed E-state index contributed by atoms with van der Waals surface area (Å²) in [7, 11) is 0. The Bertz CT molecular complexity index is 419. The summed E-state index contributed by atoms with van der Waals surface area (Å²) in [4.78, 5) is 26.9. The van der Waals surface area contributed by atoms with Crippen molar-refractivity contribution in [1.82, 2.24) is 15.6 Å². The van der Waals surface area contributed by atoms with E-state index in [-0.39, 0.29) is 30.5 Å². The highest BCUT2D eigenvalue weighted by atomic mass is 16.2. The van der Waals surface area contributed by atoms with E-state index in [1.165, 1.54) is 6.20 Å². The van der Waals surface area contributed by atoms with Crippen molar-refractivity contribution in [2.75, 3.05) is 18.5 Å². The maximum Gasteiger partial charge on any atom is 0.269 e. The van der Waals surface area contributed by atoms with Crippen LogP contribution < -0.4 is 21.9 Å². The zero-order valence-corrected chi connectivity index (χ0v) is 10.9. The molecule has 0 unspecified atom stereocenters. The van der Waals surface area contributed by atoms with Crippen LogP contribution in [0.3, 0.4) is 0 Å². The second kappa shape index (κ2) is 8.04. The minimum atomic E-state index is -0.313. The predicted molar refractivity (Wildman–Crippen MR) is 72.3 cm³/mol. The summed E-state index contributed by atoms with van der Waals surface area (Å²) in [5, 5.41) is 5.36. The molecule has 1 aromatic rings. The van der Waals surface area contributed by atoms with Gasteiger partial charge in [0.15, 0.2) is 0 Å². The Balaban J connectivity index is 2.32. The van der Waals surface area contributed by atoms with E-state index in [0.717, 1.165) is 6.42 Å². The third-order valence-corrected chi connectivity index (χ3v) is 2.37. The van der Waals surface area contributed by atoms with E-state index in [1.54, 1.807) is 12.1 Å². The lowest BCUT2D eigenvalue weighted by Crippen LogP contribution is -2.31. The van der Waals surface area contributed by atoms with Gasteiger partial charge < -0.3 is 16.1 Å². The fraction of sp³-hybridized carbons (Fsp3) is 0.417. The van der Waals surface area contributed by atoms with Crippen molar-refractivity contribution in [3.63, 3.8) is 0 Å². The molecule has 0 bridgehead atoms. The molecule has 0 saturated carbocycles. The molecule has 0 spiro atoms. The first-order valence-corrected chi connectivity index (χ1v) is 6.15. The molecule has 1 aromatic heterocycles. The number of nitrogens with two attached hydrogens (primary N) is 1. The number of pyridine rings is 1. The smallest absolute Gasteiger partial charge is 0.269 e. The lowest BCUT2D eigenvalue weighted by molar-refractivity contribution is -0.120. The molecule has 2 amide bonds. The second-order valence-corrected chi connectivity index (χ2v) is 3.93. The number of carbonyl (C=O) groups excluding carboxylic acids is 2. The number of carbonyl (C=O) groups is 2. The number of hydrogen-bond donors (Lipinski definition) is 4. The summed E-state index contributed by atoms with van der Waals surface area (Å²) >= 11 is 0.